The molecule has 0 atom stereocenters. The summed E-state index contributed by atoms with van der Waals surface area (Å²) in [4.78, 5) is 0. The van der Waals surface area contributed by atoms with E-state index in [2.05, 4.69) is 26.0 Å². The maximum absolute atomic E-state index is 15.2. The van der Waals surface area contributed by atoms with Crippen molar-refractivity contribution < 1.29 is 13.9 Å². The molecule has 3 heteroatoms. The van der Waals surface area contributed by atoms with Crippen LogP contribution in [-0.4, -0.2) is 13.2 Å². The van der Waals surface area contributed by atoms with Crippen molar-refractivity contribution in [3.8, 4) is 22.6 Å². The van der Waals surface area contributed by atoms with Crippen LogP contribution in [0.5, 0.6) is 11.5 Å². The standard InChI is InChI=1S/C31H45FO2/c1-3-5-7-9-11-13-14-22-33-26-17-19-27-25(24-26)16-18-29-28(27)20-21-30(31(29)32)34-23-15-12-10-8-6-4-2/h17,19-21,24H,3-16,18,22-23H2,1-2H3. The van der Waals surface area contributed by atoms with Crippen molar-refractivity contribution in [1.82, 2.24) is 0 Å². The summed E-state index contributed by atoms with van der Waals surface area (Å²) < 4.78 is 27.0. The molecule has 0 unspecified atom stereocenters. The first kappa shape index (κ1) is 26.6. The van der Waals surface area contributed by atoms with Crippen molar-refractivity contribution in [2.45, 2.75) is 110 Å². The number of halogens is 1. The normalized spacial score (nSPS) is 12.3. The van der Waals surface area contributed by atoms with E-state index in [-0.39, 0.29) is 5.82 Å². The van der Waals surface area contributed by atoms with Crippen molar-refractivity contribution in [2.75, 3.05) is 13.2 Å². The Bertz CT molecular complexity index is 861. The fourth-order valence-corrected chi connectivity index (χ4v) is 4.91. The molecule has 3 rings (SSSR count). The van der Waals surface area contributed by atoms with E-state index in [1.54, 1.807) is 0 Å². The summed E-state index contributed by atoms with van der Waals surface area (Å²) in [6.07, 6.45) is 17.8. The molecule has 2 nitrogen and oxygen atoms in total. The molecule has 1 aliphatic rings. The molecule has 2 aromatic rings. The Morgan fingerprint density at radius 2 is 1.24 bits per heavy atom. The molecule has 0 bridgehead atoms. The molecule has 0 aromatic heterocycles. The Morgan fingerprint density at radius 3 is 1.91 bits per heavy atom. The summed E-state index contributed by atoms with van der Waals surface area (Å²) in [5.41, 5.74) is 4.18. The second-order valence-electron chi connectivity index (χ2n) is 9.81. The fraction of sp³-hybridized carbons (Fsp3) is 0.613. The van der Waals surface area contributed by atoms with Crippen LogP contribution in [0, 0.1) is 5.82 Å². The van der Waals surface area contributed by atoms with Gasteiger partial charge in [-0.2, -0.15) is 0 Å². The van der Waals surface area contributed by atoms with Crippen LogP contribution < -0.4 is 9.47 Å². The van der Waals surface area contributed by atoms with Crippen LogP contribution in [-0.2, 0) is 12.8 Å². The summed E-state index contributed by atoms with van der Waals surface area (Å²) in [6.45, 7) is 5.85. The van der Waals surface area contributed by atoms with Gasteiger partial charge in [-0.05, 0) is 66.1 Å². The smallest absolute Gasteiger partial charge is 0.168 e. The summed E-state index contributed by atoms with van der Waals surface area (Å²) in [7, 11) is 0. The van der Waals surface area contributed by atoms with Crippen LogP contribution >= 0.6 is 0 Å². The van der Waals surface area contributed by atoms with Gasteiger partial charge in [-0.1, -0.05) is 96.6 Å². The molecule has 34 heavy (non-hydrogen) atoms. The molecular weight excluding hydrogens is 423 g/mol. The van der Waals surface area contributed by atoms with Crippen molar-refractivity contribution >= 4 is 0 Å². The number of fused-ring (bicyclic) bond motifs is 3. The first-order valence-electron chi connectivity index (χ1n) is 13.9. The van der Waals surface area contributed by atoms with E-state index >= 15 is 4.39 Å². The van der Waals surface area contributed by atoms with Crippen LogP contribution in [0.4, 0.5) is 4.39 Å². The van der Waals surface area contributed by atoms with E-state index in [0.29, 0.717) is 18.8 Å². The Labute approximate surface area is 207 Å². The zero-order valence-corrected chi connectivity index (χ0v) is 21.6. The quantitative estimate of drug-likeness (QED) is 0.215. The Kier molecular flexibility index (Phi) is 11.8. The third kappa shape index (κ3) is 8.03. The Hall–Kier alpha value is -2.03. The van der Waals surface area contributed by atoms with Crippen molar-refractivity contribution in [3.05, 3.63) is 47.3 Å². The van der Waals surface area contributed by atoms with Gasteiger partial charge in [0.1, 0.15) is 5.75 Å². The molecular formula is C31H45FO2. The summed E-state index contributed by atoms with van der Waals surface area (Å²) in [6, 6.07) is 10.1. The number of unbranched alkanes of at least 4 members (excludes halogenated alkanes) is 11. The van der Waals surface area contributed by atoms with E-state index in [4.69, 9.17) is 9.47 Å². The monoisotopic (exact) mass is 468 g/mol. The van der Waals surface area contributed by atoms with E-state index in [1.807, 2.05) is 18.2 Å². The molecule has 0 N–H and O–H groups in total. The minimum atomic E-state index is -0.173. The van der Waals surface area contributed by atoms with Gasteiger partial charge in [0.15, 0.2) is 11.6 Å². The predicted molar refractivity (Wildman–Crippen MR) is 142 cm³/mol. The van der Waals surface area contributed by atoms with Gasteiger partial charge >= 0.3 is 0 Å². The molecule has 1 aliphatic carbocycles. The fourth-order valence-electron chi connectivity index (χ4n) is 4.91. The average molecular weight is 469 g/mol. The SMILES string of the molecule is CCCCCCCCCOc1ccc2c(c1)CCc1c-2ccc(OCCCCCCCC)c1F. The average Bonchev–Trinajstić information content (AvgIpc) is 2.86. The van der Waals surface area contributed by atoms with Crippen LogP contribution in [0.25, 0.3) is 11.1 Å². The van der Waals surface area contributed by atoms with Gasteiger partial charge in [-0.3, -0.25) is 0 Å². The Morgan fingerprint density at radius 1 is 0.647 bits per heavy atom. The molecule has 0 fully saturated rings. The van der Waals surface area contributed by atoms with Crippen molar-refractivity contribution in [2.24, 2.45) is 0 Å². The van der Waals surface area contributed by atoms with Crippen LogP contribution in [0.15, 0.2) is 30.3 Å². The third-order valence-corrected chi connectivity index (χ3v) is 6.99. The summed E-state index contributed by atoms with van der Waals surface area (Å²) >= 11 is 0. The Balaban J connectivity index is 1.48. The molecule has 0 aliphatic heterocycles. The number of aryl methyl sites for hydroxylation is 1. The largest absolute Gasteiger partial charge is 0.494 e. The lowest BCUT2D eigenvalue weighted by Crippen LogP contribution is -2.09. The van der Waals surface area contributed by atoms with Gasteiger partial charge in [0.25, 0.3) is 0 Å². The lowest BCUT2D eigenvalue weighted by atomic mass is 9.85. The topological polar surface area (TPSA) is 18.5 Å². The van der Waals surface area contributed by atoms with Gasteiger partial charge in [0, 0.05) is 0 Å². The van der Waals surface area contributed by atoms with E-state index in [9.17, 15) is 0 Å². The molecule has 0 radical (unpaired) electrons. The lowest BCUT2D eigenvalue weighted by Gasteiger charge is -2.22. The highest BCUT2D eigenvalue weighted by molar-refractivity contribution is 5.75. The summed E-state index contributed by atoms with van der Waals surface area (Å²) in [5.74, 6) is 1.17. The molecule has 0 spiro atoms. The van der Waals surface area contributed by atoms with Crippen molar-refractivity contribution in [1.29, 1.82) is 0 Å². The van der Waals surface area contributed by atoms with Gasteiger partial charge in [0.2, 0.25) is 0 Å². The first-order chi connectivity index (χ1) is 16.7. The maximum Gasteiger partial charge on any atom is 0.168 e. The van der Waals surface area contributed by atoms with Gasteiger partial charge < -0.3 is 9.47 Å². The molecule has 2 aromatic carbocycles. The van der Waals surface area contributed by atoms with Gasteiger partial charge in [-0.15, -0.1) is 0 Å². The number of rotatable bonds is 17. The molecule has 0 saturated carbocycles. The molecule has 0 amide bonds. The lowest BCUT2D eigenvalue weighted by molar-refractivity contribution is 0.289. The van der Waals surface area contributed by atoms with Crippen LogP contribution in [0.2, 0.25) is 0 Å². The zero-order valence-electron chi connectivity index (χ0n) is 21.6. The van der Waals surface area contributed by atoms with E-state index < -0.39 is 0 Å². The highest BCUT2D eigenvalue weighted by atomic mass is 19.1. The van der Waals surface area contributed by atoms with Crippen LogP contribution in [0.1, 0.15) is 108 Å². The second kappa shape index (κ2) is 15.1. The van der Waals surface area contributed by atoms with Gasteiger partial charge in [0.05, 0.1) is 13.2 Å². The predicted octanol–water partition coefficient (Wildman–Crippen LogP) is 9.46. The van der Waals surface area contributed by atoms with Crippen LogP contribution in [0.3, 0.4) is 0 Å². The molecule has 0 heterocycles. The zero-order chi connectivity index (χ0) is 24.0. The van der Waals surface area contributed by atoms with Gasteiger partial charge in [-0.25, -0.2) is 4.39 Å². The highest BCUT2D eigenvalue weighted by Crippen LogP contribution is 2.39. The number of hydrogen-bond donors (Lipinski definition) is 0. The molecule has 0 saturated heterocycles. The number of hydrogen-bond acceptors (Lipinski definition) is 2. The second-order valence-corrected chi connectivity index (χ2v) is 9.81. The minimum absolute atomic E-state index is 0.173. The maximum atomic E-state index is 15.2. The number of ether oxygens (including phenoxy) is 2. The molecule has 188 valence electrons. The minimum Gasteiger partial charge on any atom is -0.494 e. The third-order valence-electron chi connectivity index (χ3n) is 6.99. The van der Waals surface area contributed by atoms with E-state index in [1.165, 1.54) is 69.8 Å². The van der Waals surface area contributed by atoms with E-state index in [0.717, 1.165) is 54.7 Å². The highest BCUT2D eigenvalue weighted by Gasteiger charge is 2.22. The van der Waals surface area contributed by atoms with Crippen molar-refractivity contribution in [3.63, 3.8) is 0 Å². The summed E-state index contributed by atoms with van der Waals surface area (Å²) in [5, 5.41) is 0. The first-order valence-corrected chi connectivity index (χ1v) is 13.9. The number of benzene rings is 2.